The predicted molar refractivity (Wildman–Crippen MR) is 176 cm³/mol. The number of halogens is 3. The maximum atomic E-state index is 12.8. The van der Waals surface area contributed by atoms with Crippen molar-refractivity contribution in [3.8, 4) is 0 Å². The molecule has 4 fully saturated rings. The smallest absolute Gasteiger partial charge is 0.224 e. The van der Waals surface area contributed by atoms with E-state index in [-0.39, 0.29) is 49.0 Å². The van der Waals surface area contributed by atoms with Crippen molar-refractivity contribution >= 4 is 54.9 Å². The maximum absolute atomic E-state index is 12.8. The lowest BCUT2D eigenvalue weighted by Gasteiger charge is -2.47. The number of nitrogens with zero attached hydrogens (tertiary/aromatic N) is 4. The van der Waals surface area contributed by atoms with Crippen molar-refractivity contribution in [2.45, 2.75) is 114 Å². The van der Waals surface area contributed by atoms with E-state index in [1.54, 1.807) is 0 Å². The van der Waals surface area contributed by atoms with E-state index in [2.05, 4.69) is 36.8 Å². The summed E-state index contributed by atoms with van der Waals surface area (Å²) in [5, 5.41) is 10.5. The molecule has 5 rings (SSSR count). The first-order valence-corrected chi connectivity index (χ1v) is 15.9. The molecular formula is C30H54Cl3N7O. The second-order valence-electron chi connectivity index (χ2n) is 12.1. The molecule has 8 nitrogen and oxygen atoms in total. The molecule has 1 amide bonds. The highest BCUT2D eigenvalue weighted by Crippen LogP contribution is 2.31. The van der Waals surface area contributed by atoms with Gasteiger partial charge in [-0.25, -0.2) is 4.98 Å². The molecule has 2 atom stereocenters. The van der Waals surface area contributed by atoms with Crippen molar-refractivity contribution < 1.29 is 4.79 Å². The molecule has 3 saturated heterocycles. The number of carbonyl (C=O) groups excluding carboxylic acids is 1. The predicted octanol–water partition coefficient (Wildman–Crippen LogP) is 5.60. The normalized spacial score (nSPS) is 24.9. The number of amides is 1. The van der Waals surface area contributed by atoms with E-state index < -0.39 is 0 Å². The van der Waals surface area contributed by atoms with Gasteiger partial charge in [0, 0.05) is 49.9 Å². The zero-order chi connectivity index (χ0) is 26.0. The fourth-order valence-electron chi connectivity index (χ4n) is 7.29. The molecule has 0 unspecified atom stereocenters. The number of likely N-dealkylation sites (tertiary alicyclic amines) is 1. The van der Waals surface area contributed by atoms with Crippen LogP contribution in [0.25, 0.3) is 0 Å². The lowest BCUT2D eigenvalue weighted by atomic mass is 9.87. The Morgan fingerprint density at radius 3 is 2.27 bits per heavy atom. The minimum atomic E-state index is 0. The Bertz CT molecular complexity index is 862. The van der Waals surface area contributed by atoms with E-state index in [0.29, 0.717) is 18.1 Å². The molecule has 3 aliphatic heterocycles. The van der Waals surface area contributed by atoms with Crippen molar-refractivity contribution in [1.29, 1.82) is 0 Å². The van der Waals surface area contributed by atoms with Crippen LogP contribution in [-0.2, 0) is 4.79 Å². The van der Waals surface area contributed by atoms with Gasteiger partial charge in [0.25, 0.3) is 0 Å². The van der Waals surface area contributed by atoms with Crippen LogP contribution in [0.3, 0.4) is 0 Å². The summed E-state index contributed by atoms with van der Waals surface area (Å²) in [7, 11) is 0. The van der Waals surface area contributed by atoms with Crippen LogP contribution in [-0.4, -0.2) is 78.2 Å². The Hall–Kier alpha value is -1.06. The lowest BCUT2D eigenvalue weighted by molar-refractivity contribution is -0.125. The van der Waals surface area contributed by atoms with Crippen molar-refractivity contribution in [1.82, 2.24) is 25.5 Å². The van der Waals surface area contributed by atoms with Crippen LogP contribution < -0.4 is 20.9 Å². The minimum Gasteiger partial charge on any atom is -0.356 e. The van der Waals surface area contributed by atoms with Crippen LogP contribution in [0.1, 0.15) is 96.3 Å². The third-order valence-corrected chi connectivity index (χ3v) is 9.45. The second-order valence-corrected chi connectivity index (χ2v) is 12.1. The fraction of sp³-hybridized carbons (Fsp3) is 0.833. The molecule has 0 bridgehead atoms. The van der Waals surface area contributed by atoms with Crippen LogP contribution in [0, 0.1) is 5.92 Å². The topological polar surface area (TPSA) is 85.4 Å². The van der Waals surface area contributed by atoms with Gasteiger partial charge >= 0.3 is 0 Å². The molecule has 1 aromatic rings. The van der Waals surface area contributed by atoms with Crippen LogP contribution in [0.5, 0.6) is 0 Å². The van der Waals surface area contributed by atoms with Gasteiger partial charge in [-0.1, -0.05) is 38.5 Å². The average Bonchev–Trinajstić information content (AvgIpc) is 2.94. The summed E-state index contributed by atoms with van der Waals surface area (Å²) in [5.41, 5.74) is 0. The molecule has 0 spiro atoms. The van der Waals surface area contributed by atoms with Gasteiger partial charge in [-0.05, 0) is 83.5 Å². The summed E-state index contributed by atoms with van der Waals surface area (Å²) in [4.78, 5) is 27.8. The molecule has 1 aromatic heterocycles. The lowest BCUT2D eigenvalue weighted by Crippen LogP contribution is -2.56. The number of hydrogen-bond donors (Lipinski definition) is 3. The maximum Gasteiger partial charge on any atom is 0.224 e. The first kappa shape index (κ1) is 36.1. The zero-order valence-electron chi connectivity index (χ0n) is 24.7. The zero-order valence-corrected chi connectivity index (χ0v) is 27.2. The highest BCUT2D eigenvalue weighted by atomic mass is 35.5. The number of aromatic nitrogens is 2. The Morgan fingerprint density at radius 1 is 0.854 bits per heavy atom. The van der Waals surface area contributed by atoms with Gasteiger partial charge in [0.1, 0.15) is 5.82 Å². The van der Waals surface area contributed by atoms with Gasteiger partial charge in [0.15, 0.2) is 0 Å². The molecule has 3 N–H and O–H groups in total. The number of hydrogen-bond acceptors (Lipinski definition) is 7. The Balaban J connectivity index is 0.00000196. The van der Waals surface area contributed by atoms with Crippen LogP contribution in [0.2, 0.25) is 0 Å². The number of rotatable bonds is 8. The minimum absolute atomic E-state index is 0. The molecule has 236 valence electrons. The molecular weight excluding hydrogens is 581 g/mol. The van der Waals surface area contributed by atoms with Crippen LogP contribution in [0.15, 0.2) is 12.3 Å². The molecule has 11 heteroatoms. The third-order valence-electron chi connectivity index (χ3n) is 9.45. The molecule has 0 aromatic carbocycles. The van der Waals surface area contributed by atoms with E-state index >= 15 is 0 Å². The summed E-state index contributed by atoms with van der Waals surface area (Å²) in [6.45, 7) is 6.02. The third kappa shape index (κ3) is 10.6. The standard InChI is InChI=1S/C30H51N7O.3ClH/c38-29(24-13-17-31-18-14-24)32-19-15-27-26(12-9-23-37(27)25-10-5-4-6-11-25)34-30-33-20-16-28(35-30)36-21-7-2-1-3-8-22-36;;;/h16,20,24-27,31H,1-15,17-19,21-23H2,(H,32,38)(H,33,34,35);3*1H/t26-,27+;;;/m0.../s1. The van der Waals surface area contributed by atoms with Gasteiger partial charge in [0.2, 0.25) is 11.9 Å². The van der Waals surface area contributed by atoms with Crippen molar-refractivity contribution in [2.24, 2.45) is 5.92 Å². The number of carbonyl (C=O) groups is 1. The summed E-state index contributed by atoms with van der Waals surface area (Å²) in [6.07, 6.45) is 20.4. The molecule has 4 heterocycles. The summed E-state index contributed by atoms with van der Waals surface area (Å²) in [6, 6.07) is 3.46. The molecule has 0 radical (unpaired) electrons. The monoisotopic (exact) mass is 633 g/mol. The Kier molecular flexibility index (Phi) is 17.0. The second kappa shape index (κ2) is 19.3. The first-order valence-electron chi connectivity index (χ1n) is 15.9. The van der Waals surface area contributed by atoms with Gasteiger partial charge in [-0.3, -0.25) is 9.69 Å². The van der Waals surface area contributed by atoms with Crippen molar-refractivity contribution in [3.05, 3.63) is 12.3 Å². The fourth-order valence-corrected chi connectivity index (χ4v) is 7.29. The largest absolute Gasteiger partial charge is 0.356 e. The van der Waals surface area contributed by atoms with E-state index in [0.717, 1.165) is 70.2 Å². The van der Waals surface area contributed by atoms with E-state index in [9.17, 15) is 4.79 Å². The van der Waals surface area contributed by atoms with Gasteiger partial charge in [-0.15, -0.1) is 37.2 Å². The molecule has 41 heavy (non-hydrogen) atoms. The molecule has 1 aliphatic carbocycles. The first-order chi connectivity index (χ1) is 18.8. The van der Waals surface area contributed by atoms with Crippen molar-refractivity contribution in [3.63, 3.8) is 0 Å². The average molecular weight is 635 g/mol. The van der Waals surface area contributed by atoms with Crippen molar-refractivity contribution in [2.75, 3.05) is 49.5 Å². The summed E-state index contributed by atoms with van der Waals surface area (Å²) >= 11 is 0. The van der Waals surface area contributed by atoms with Gasteiger partial charge < -0.3 is 20.9 Å². The molecule has 1 saturated carbocycles. The van der Waals surface area contributed by atoms with Gasteiger partial charge in [-0.2, -0.15) is 4.98 Å². The number of anilines is 2. The van der Waals surface area contributed by atoms with E-state index in [1.807, 2.05) is 6.20 Å². The van der Waals surface area contributed by atoms with Crippen LogP contribution in [0.4, 0.5) is 11.8 Å². The number of piperidine rings is 2. The molecule has 4 aliphatic rings. The van der Waals surface area contributed by atoms with E-state index in [4.69, 9.17) is 4.98 Å². The summed E-state index contributed by atoms with van der Waals surface area (Å²) in [5.74, 6) is 2.25. The Labute approximate surface area is 266 Å². The van der Waals surface area contributed by atoms with E-state index in [1.165, 1.54) is 77.2 Å². The van der Waals surface area contributed by atoms with Crippen LogP contribution >= 0.6 is 37.2 Å². The highest BCUT2D eigenvalue weighted by molar-refractivity contribution is 5.86. The van der Waals surface area contributed by atoms with Gasteiger partial charge in [0.05, 0.1) is 0 Å². The number of nitrogens with one attached hydrogen (secondary N) is 3. The summed E-state index contributed by atoms with van der Waals surface area (Å²) < 4.78 is 0. The SMILES string of the molecule is Cl.Cl.Cl.O=C(NCC[C@@H]1[C@@H](Nc2nccc(N3CCCCCCC3)n2)CCCN1C1CCCCC1)C1CCNCC1. The Morgan fingerprint density at radius 2 is 1.54 bits per heavy atom. The quantitative estimate of drug-likeness (QED) is 0.344. The highest BCUT2D eigenvalue weighted by Gasteiger charge is 2.36.